The van der Waals surface area contributed by atoms with Crippen LogP contribution in [0.1, 0.15) is 111 Å². The van der Waals surface area contributed by atoms with Gasteiger partial charge in [0.05, 0.1) is 0 Å². The molecule has 0 aliphatic carbocycles. The van der Waals surface area contributed by atoms with Crippen LogP contribution in [-0.2, 0) is 0 Å². The van der Waals surface area contributed by atoms with Gasteiger partial charge in [-0.3, -0.25) is 0 Å². The monoisotopic (exact) mass is 301 g/mol. The summed E-state index contributed by atoms with van der Waals surface area (Å²) >= 11 is 0. The van der Waals surface area contributed by atoms with E-state index < -0.39 is 0 Å². The Morgan fingerprint density at radius 3 is 1.52 bits per heavy atom. The fourth-order valence-corrected chi connectivity index (χ4v) is 3.36. The van der Waals surface area contributed by atoms with E-state index in [1.165, 1.54) is 83.5 Å². The topological polar surface area (TPSA) is 57.5 Å². The van der Waals surface area contributed by atoms with Gasteiger partial charge in [0.1, 0.15) is 0 Å². The van der Waals surface area contributed by atoms with Gasteiger partial charge >= 0.3 is 0 Å². The smallest absolute Gasteiger partial charge is 0.0182 e. The predicted octanol–water partition coefficient (Wildman–Crippen LogP) is 5.63. The lowest BCUT2D eigenvalue weighted by molar-refractivity contribution is 0.193. The van der Waals surface area contributed by atoms with Crippen LogP contribution in [0.4, 0.5) is 0 Å². The van der Waals surface area contributed by atoms with E-state index in [0.717, 1.165) is 5.92 Å². The van der Waals surface area contributed by atoms with E-state index in [4.69, 9.17) is 5.73 Å². The van der Waals surface area contributed by atoms with E-state index in [-0.39, 0.29) is 11.0 Å². The summed E-state index contributed by atoms with van der Waals surface area (Å²) in [5.41, 5.74) is 7.06. The van der Waals surface area contributed by atoms with Crippen LogP contribution in [0.25, 0.3) is 0 Å². The van der Waals surface area contributed by atoms with Gasteiger partial charge < -0.3 is 11.2 Å². The molecule has 130 valence electrons. The first-order valence-electron chi connectivity index (χ1n) is 9.43. The Balaban J connectivity index is 0. The van der Waals surface area contributed by atoms with E-state index in [1.807, 2.05) is 0 Å². The van der Waals surface area contributed by atoms with E-state index in [9.17, 15) is 0 Å². The van der Waals surface area contributed by atoms with Crippen molar-refractivity contribution >= 4 is 0 Å². The van der Waals surface area contributed by atoms with Crippen molar-refractivity contribution in [3.63, 3.8) is 0 Å². The molecule has 21 heavy (non-hydrogen) atoms. The zero-order valence-corrected chi connectivity index (χ0v) is 15.3. The summed E-state index contributed by atoms with van der Waals surface area (Å²) in [6.07, 6.45) is 17.1. The Hall–Kier alpha value is -0.0800. The Bertz CT molecular complexity index is 198. The van der Waals surface area contributed by atoms with Crippen molar-refractivity contribution in [3.8, 4) is 0 Å². The highest BCUT2D eigenvalue weighted by molar-refractivity contribution is 4.91. The van der Waals surface area contributed by atoms with Crippen molar-refractivity contribution in [3.05, 3.63) is 0 Å². The molecule has 0 aromatic carbocycles. The second-order valence-electron chi connectivity index (χ2n) is 6.78. The van der Waals surface area contributed by atoms with Crippen molar-refractivity contribution in [2.75, 3.05) is 0 Å². The van der Waals surface area contributed by atoms with Crippen LogP contribution in [0.2, 0.25) is 0 Å². The summed E-state index contributed by atoms with van der Waals surface area (Å²) in [6, 6.07) is 0. The molecule has 0 aromatic rings. The van der Waals surface area contributed by atoms with Gasteiger partial charge in [-0.1, -0.05) is 85.5 Å². The molecule has 0 heterocycles. The number of rotatable bonds is 14. The molecule has 0 saturated heterocycles. The minimum absolute atomic E-state index is 0. The Kier molecular flexibility index (Phi) is 16.4. The highest BCUT2D eigenvalue weighted by atomic mass is 16.0. The lowest BCUT2D eigenvalue weighted by atomic mass is 9.72. The van der Waals surface area contributed by atoms with Gasteiger partial charge in [0.25, 0.3) is 0 Å². The first-order chi connectivity index (χ1) is 9.64. The molecule has 0 spiro atoms. The van der Waals surface area contributed by atoms with Crippen LogP contribution in [0, 0.1) is 5.92 Å². The third kappa shape index (κ3) is 10.3. The molecule has 4 N–H and O–H groups in total. The Morgan fingerprint density at radius 2 is 1.10 bits per heavy atom. The average Bonchev–Trinajstić information content (AvgIpc) is 2.46. The maximum Gasteiger partial charge on any atom is 0.0182 e. The van der Waals surface area contributed by atoms with Crippen molar-refractivity contribution in [2.24, 2.45) is 11.7 Å². The van der Waals surface area contributed by atoms with Gasteiger partial charge in [0.15, 0.2) is 0 Å². The molecule has 0 saturated carbocycles. The van der Waals surface area contributed by atoms with Crippen LogP contribution in [0.15, 0.2) is 0 Å². The third-order valence-corrected chi connectivity index (χ3v) is 4.87. The van der Waals surface area contributed by atoms with Crippen LogP contribution in [0.3, 0.4) is 0 Å². The summed E-state index contributed by atoms with van der Waals surface area (Å²) in [5.74, 6) is 0.757. The summed E-state index contributed by atoms with van der Waals surface area (Å²) in [7, 11) is 0. The largest absolute Gasteiger partial charge is 0.412 e. The van der Waals surface area contributed by atoms with Crippen molar-refractivity contribution < 1.29 is 5.48 Å². The highest BCUT2D eigenvalue weighted by Crippen LogP contribution is 2.34. The molecule has 0 aliphatic rings. The molecule has 0 rings (SSSR count). The molecular formula is C19H43NO. The van der Waals surface area contributed by atoms with E-state index in [1.54, 1.807) is 0 Å². The van der Waals surface area contributed by atoms with Gasteiger partial charge in [-0.2, -0.15) is 0 Å². The standard InChI is InChI=1S/C19H41N.H2O/c1-5-9-13-15-18(14-10-6-2)19(20,16-11-7-3)17-12-8-4;/h18H,5-17,20H2,1-4H3;1H2. The summed E-state index contributed by atoms with van der Waals surface area (Å²) in [4.78, 5) is 0. The predicted molar refractivity (Wildman–Crippen MR) is 96.7 cm³/mol. The van der Waals surface area contributed by atoms with Crippen LogP contribution in [-0.4, -0.2) is 11.0 Å². The maximum absolute atomic E-state index is 6.94. The maximum atomic E-state index is 6.94. The molecule has 2 heteroatoms. The highest BCUT2D eigenvalue weighted by Gasteiger charge is 2.32. The molecule has 0 bridgehead atoms. The molecule has 1 atom stereocenters. The first-order valence-corrected chi connectivity index (χ1v) is 9.43. The quantitative estimate of drug-likeness (QED) is 0.415. The average molecular weight is 302 g/mol. The number of nitrogens with two attached hydrogens (primary N) is 1. The van der Waals surface area contributed by atoms with E-state index in [2.05, 4.69) is 27.7 Å². The summed E-state index contributed by atoms with van der Waals surface area (Å²) in [6.45, 7) is 9.18. The zero-order valence-electron chi connectivity index (χ0n) is 15.3. The molecule has 2 nitrogen and oxygen atoms in total. The van der Waals surface area contributed by atoms with Crippen molar-refractivity contribution in [1.82, 2.24) is 0 Å². The number of hydrogen-bond donors (Lipinski definition) is 1. The fourth-order valence-electron chi connectivity index (χ4n) is 3.36. The normalized spacial score (nSPS) is 13.0. The van der Waals surface area contributed by atoms with Gasteiger partial charge in [-0.05, 0) is 31.6 Å². The van der Waals surface area contributed by atoms with Gasteiger partial charge in [0, 0.05) is 5.54 Å². The van der Waals surface area contributed by atoms with Crippen molar-refractivity contribution in [1.29, 1.82) is 0 Å². The van der Waals surface area contributed by atoms with E-state index >= 15 is 0 Å². The van der Waals surface area contributed by atoms with E-state index in [0.29, 0.717) is 0 Å². The van der Waals surface area contributed by atoms with Crippen molar-refractivity contribution in [2.45, 2.75) is 117 Å². The summed E-state index contributed by atoms with van der Waals surface area (Å²) in [5, 5.41) is 0. The molecule has 0 aliphatic heterocycles. The van der Waals surface area contributed by atoms with Crippen LogP contribution < -0.4 is 5.73 Å². The van der Waals surface area contributed by atoms with Crippen LogP contribution in [0.5, 0.6) is 0 Å². The Labute approximate surface area is 134 Å². The lowest BCUT2D eigenvalue weighted by Gasteiger charge is -2.38. The fraction of sp³-hybridized carbons (Fsp3) is 1.00. The SMILES string of the molecule is CCCCCC(CCCC)C(N)(CCCC)CCCC.O. The third-order valence-electron chi connectivity index (χ3n) is 4.87. The molecule has 1 unspecified atom stereocenters. The zero-order chi connectivity index (χ0) is 15.3. The molecule has 0 fully saturated rings. The molecule has 0 amide bonds. The van der Waals surface area contributed by atoms with Gasteiger partial charge in [-0.15, -0.1) is 0 Å². The van der Waals surface area contributed by atoms with Gasteiger partial charge in [0.2, 0.25) is 0 Å². The van der Waals surface area contributed by atoms with Crippen LogP contribution >= 0.6 is 0 Å². The number of unbranched alkanes of at least 4 members (excludes halogenated alkanes) is 5. The Morgan fingerprint density at radius 1 is 0.667 bits per heavy atom. The molecular weight excluding hydrogens is 258 g/mol. The molecule has 0 radical (unpaired) electrons. The second-order valence-corrected chi connectivity index (χ2v) is 6.78. The van der Waals surface area contributed by atoms with Gasteiger partial charge in [-0.25, -0.2) is 0 Å². The first kappa shape index (κ1) is 23.2. The summed E-state index contributed by atoms with van der Waals surface area (Å²) < 4.78 is 0. The number of hydrogen-bond acceptors (Lipinski definition) is 1. The second kappa shape index (κ2) is 14.8. The molecule has 0 aromatic heterocycles. The minimum atomic E-state index is 0. The lowest BCUT2D eigenvalue weighted by Crippen LogP contribution is -2.47. The minimum Gasteiger partial charge on any atom is -0.412 e.